The van der Waals surface area contributed by atoms with E-state index in [-0.39, 0.29) is 37.6 Å². The minimum Gasteiger partial charge on any atom is -0.448 e. The molecule has 0 radical (unpaired) electrons. The molecule has 0 bridgehead atoms. The van der Waals surface area contributed by atoms with Crippen LogP contribution in [0.25, 0.3) is 0 Å². The SMILES string of the molecule is COCc1ccc(C(=O)NC2(c3ccc(Br)cc3)CN(C(=O)C3Cc4ccc(Cl)cc4C(=O)O3)C2)cc1F. The molecular weight excluding hydrogens is 579 g/mol. The Kier molecular flexibility index (Phi) is 7.26. The normalized spacial score (nSPS) is 17.7. The predicted molar refractivity (Wildman–Crippen MR) is 141 cm³/mol. The van der Waals surface area contributed by atoms with Crippen molar-refractivity contribution in [2.75, 3.05) is 20.2 Å². The molecule has 2 aliphatic heterocycles. The molecule has 0 spiro atoms. The Morgan fingerprint density at radius 3 is 2.58 bits per heavy atom. The number of methoxy groups -OCH3 is 1. The molecular formula is C28H23BrClFN2O5. The van der Waals surface area contributed by atoms with Gasteiger partial charge in [-0.3, -0.25) is 9.59 Å². The van der Waals surface area contributed by atoms with Crippen molar-refractivity contribution in [3.05, 3.63) is 104 Å². The van der Waals surface area contributed by atoms with Crippen LogP contribution in [-0.2, 0) is 32.8 Å². The minimum atomic E-state index is -0.975. The summed E-state index contributed by atoms with van der Waals surface area (Å²) in [5, 5.41) is 3.42. The summed E-state index contributed by atoms with van der Waals surface area (Å²) in [6.07, 6.45) is -0.740. The number of ether oxygens (including phenoxy) is 2. The number of hydrogen-bond acceptors (Lipinski definition) is 5. The Morgan fingerprint density at radius 1 is 1.16 bits per heavy atom. The second-order valence-corrected chi connectivity index (χ2v) is 10.7. The fraction of sp³-hybridized carbons (Fsp3) is 0.250. The van der Waals surface area contributed by atoms with Crippen molar-refractivity contribution >= 4 is 45.3 Å². The summed E-state index contributed by atoms with van der Waals surface area (Å²) in [5.41, 5.74) is 1.42. The van der Waals surface area contributed by atoms with Crippen LogP contribution in [0.3, 0.4) is 0 Å². The molecule has 1 N–H and O–H groups in total. The number of carbonyl (C=O) groups is 3. The second-order valence-electron chi connectivity index (χ2n) is 9.38. The number of cyclic esters (lactones) is 1. The molecule has 196 valence electrons. The number of hydrogen-bond donors (Lipinski definition) is 1. The Labute approximate surface area is 232 Å². The number of esters is 1. The van der Waals surface area contributed by atoms with Crippen LogP contribution in [0.5, 0.6) is 0 Å². The lowest BCUT2D eigenvalue weighted by molar-refractivity contribution is -0.150. The summed E-state index contributed by atoms with van der Waals surface area (Å²) in [6, 6.07) is 16.5. The Morgan fingerprint density at radius 2 is 1.89 bits per heavy atom. The molecule has 1 fully saturated rings. The standard InChI is InChI=1S/C28H23BrClFN2O5/c1-37-13-18-3-2-17(10-23(18)31)25(34)32-28(19-5-7-20(29)8-6-19)14-33(15-28)26(35)24-11-16-4-9-21(30)12-22(16)27(36)38-24/h2-10,12,24H,11,13-15H2,1H3,(H,32,34). The molecule has 10 heteroatoms. The lowest BCUT2D eigenvalue weighted by Gasteiger charge is -2.51. The van der Waals surface area contributed by atoms with E-state index in [9.17, 15) is 18.8 Å². The molecule has 1 atom stereocenters. The Balaban J connectivity index is 1.35. The quantitative estimate of drug-likeness (QED) is 0.417. The van der Waals surface area contributed by atoms with E-state index in [1.807, 2.05) is 24.3 Å². The van der Waals surface area contributed by atoms with Crippen LogP contribution in [0.4, 0.5) is 4.39 Å². The second kappa shape index (κ2) is 10.5. The fourth-order valence-corrected chi connectivity index (χ4v) is 5.24. The van der Waals surface area contributed by atoms with Crippen LogP contribution in [0.1, 0.15) is 37.4 Å². The number of nitrogens with zero attached hydrogens (tertiary/aromatic N) is 1. The van der Waals surface area contributed by atoms with E-state index >= 15 is 0 Å². The smallest absolute Gasteiger partial charge is 0.339 e. The molecule has 1 saturated heterocycles. The molecule has 38 heavy (non-hydrogen) atoms. The van der Waals surface area contributed by atoms with Gasteiger partial charge in [-0.2, -0.15) is 0 Å². The van der Waals surface area contributed by atoms with Gasteiger partial charge in [0.05, 0.1) is 12.2 Å². The summed E-state index contributed by atoms with van der Waals surface area (Å²) in [6.45, 7) is 0.410. The summed E-state index contributed by atoms with van der Waals surface area (Å²) in [5.74, 6) is -1.96. The van der Waals surface area contributed by atoms with Gasteiger partial charge in [0.25, 0.3) is 11.8 Å². The van der Waals surface area contributed by atoms with Gasteiger partial charge < -0.3 is 19.7 Å². The highest BCUT2D eigenvalue weighted by molar-refractivity contribution is 9.10. The maximum atomic E-state index is 14.5. The lowest BCUT2D eigenvalue weighted by atomic mass is 9.81. The zero-order valence-electron chi connectivity index (χ0n) is 20.3. The molecule has 1 unspecified atom stereocenters. The molecule has 7 nitrogen and oxygen atoms in total. The number of halogens is 3. The van der Waals surface area contributed by atoms with Gasteiger partial charge >= 0.3 is 5.97 Å². The highest BCUT2D eigenvalue weighted by Crippen LogP contribution is 2.35. The zero-order chi connectivity index (χ0) is 27.0. The van der Waals surface area contributed by atoms with Crippen LogP contribution < -0.4 is 5.32 Å². The zero-order valence-corrected chi connectivity index (χ0v) is 22.6. The summed E-state index contributed by atoms with van der Waals surface area (Å²) < 4.78 is 25.7. The first-order valence-corrected chi connectivity index (χ1v) is 13.0. The molecule has 3 aromatic rings. The van der Waals surface area contributed by atoms with Gasteiger partial charge in [0.15, 0.2) is 6.10 Å². The number of benzene rings is 3. The molecule has 0 aromatic heterocycles. The third-order valence-corrected chi connectivity index (χ3v) is 7.58. The van der Waals surface area contributed by atoms with Gasteiger partial charge in [-0.1, -0.05) is 51.8 Å². The molecule has 0 aliphatic carbocycles. The number of amides is 2. The summed E-state index contributed by atoms with van der Waals surface area (Å²) >= 11 is 9.41. The highest BCUT2D eigenvalue weighted by Gasteiger charge is 2.50. The molecule has 2 amide bonds. The van der Waals surface area contributed by atoms with Crippen molar-refractivity contribution < 1.29 is 28.2 Å². The lowest BCUT2D eigenvalue weighted by Crippen LogP contribution is -2.70. The van der Waals surface area contributed by atoms with Gasteiger partial charge in [-0.25, -0.2) is 9.18 Å². The monoisotopic (exact) mass is 600 g/mol. The van der Waals surface area contributed by atoms with Gasteiger partial charge in [0.1, 0.15) is 11.4 Å². The molecule has 3 aromatic carbocycles. The maximum absolute atomic E-state index is 14.5. The first-order valence-electron chi connectivity index (χ1n) is 11.8. The van der Waals surface area contributed by atoms with E-state index in [0.717, 1.165) is 10.0 Å². The van der Waals surface area contributed by atoms with Crippen LogP contribution >= 0.6 is 27.5 Å². The number of likely N-dealkylation sites (tertiary alicyclic amines) is 1. The predicted octanol–water partition coefficient (Wildman–Crippen LogP) is 4.64. The van der Waals surface area contributed by atoms with E-state index in [1.54, 1.807) is 17.0 Å². The third-order valence-electron chi connectivity index (χ3n) is 6.82. The average Bonchev–Trinajstić information content (AvgIpc) is 2.87. The third kappa shape index (κ3) is 5.06. The Hall–Kier alpha value is -3.27. The fourth-order valence-electron chi connectivity index (χ4n) is 4.81. The molecule has 2 aliphatic rings. The largest absolute Gasteiger partial charge is 0.448 e. The van der Waals surface area contributed by atoms with Crippen molar-refractivity contribution in [1.82, 2.24) is 10.2 Å². The molecule has 5 rings (SSSR count). The average molecular weight is 602 g/mol. The van der Waals surface area contributed by atoms with Crippen LogP contribution in [0, 0.1) is 5.82 Å². The van der Waals surface area contributed by atoms with Gasteiger partial charge in [-0.05, 0) is 47.5 Å². The number of rotatable bonds is 6. The van der Waals surface area contributed by atoms with Crippen LogP contribution in [0.15, 0.2) is 65.1 Å². The van der Waals surface area contributed by atoms with Crippen molar-refractivity contribution in [2.45, 2.75) is 24.7 Å². The summed E-state index contributed by atoms with van der Waals surface area (Å²) in [4.78, 5) is 40.6. The Bertz CT molecular complexity index is 1430. The van der Waals surface area contributed by atoms with E-state index in [1.165, 1.54) is 31.4 Å². The first kappa shape index (κ1) is 26.3. The molecule has 0 saturated carbocycles. The van der Waals surface area contributed by atoms with Gasteiger partial charge in [0.2, 0.25) is 0 Å². The van der Waals surface area contributed by atoms with Gasteiger partial charge in [0, 0.05) is 47.2 Å². The highest BCUT2D eigenvalue weighted by atomic mass is 79.9. The van der Waals surface area contributed by atoms with E-state index in [4.69, 9.17) is 21.1 Å². The molecule has 2 heterocycles. The van der Waals surface area contributed by atoms with E-state index < -0.39 is 29.3 Å². The van der Waals surface area contributed by atoms with Crippen molar-refractivity contribution in [1.29, 1.82) is 0 Å². The maximum Gasteiger partial charge on any atom is 0.339 e. The van der Waals surface area contributed by atoms with E-state index in [0.29, 0.717) is 21.7 Å². The van der Waals surface area contributed by atoms with Crippen LogP contribution in [-0.4, -0.2) is 49.0 Å². The number of fused-ring (bicyclic) bond motifs is 1. The van der Waals surface area contributed by atoms with Crippen molar-refractivity contribution in [3.8, 4) is 0 Å². The van der Waals surface area contributed by atoms with Crippen LogP contribution in [0.2, 0.25) is 5.02 Å². The minimum absolute atomic E-state index is 0.0941. The van der Waals surface area contributed by atoms with E-state index in [2.05, 4.69) is 21.2 Å². The summed E-state index contributed by atoms with van der Waals surface area (Å²) in [7, 11) is 1.47. The topological polar surface area (TPSA) is 84.9 Å². The number of carbonyl (C=O) groups excluding carboxylic acids is 3. The van der Waals surface area contributed by atoms with Gasteiger partial charge in [-0.15, -0.1) is 0 Å². The number of nitrogens with one attached hydrogen (secondary N) is 1. The van der Waals surface area contributed by atoms with Crippen molar-refractivity contribution in [2.24, 2.45) is 0 Å². The van der Waals surface area contributed by atoms with Crippen molar-refractivity contribution in [3.63, 3.8) is 0 Å². The first-order chi connectivity index (χ1) is 18.2.